The van der Waals surface area contributed by atoms with Gasteiger partial charge in [-0.3, -0.25) is 0 Å². The molecule has 0 aliphatic heterocycles. The zero-order valence-electron chi connectivity index (χ0n) is 10.8. The molecule has 0 aliphatic rings. The summed E-state index contributed by atoms with van der Waals surface area (Å²) in [5, 5.41) is 0. The highest BCUT2D eigenvalue weighted by Crippen LogP contribution is 2.14. The molecule has 2 aromatic rings. The summed E-state index contributed by atoms with van der Waals surface area (Å²) in [6.45, 7) is 5.71. The van der Waals surface area contributed by atoms with E-state index in [4.69, 9.17) is 10.5 Å². The van der Waals surface area contributed by atoms with Crippen LogP contribution >= 0.6 is 0 Å². The molecule has 18 heavy (non-hydrogen) atoms. The minimum Gasteiger partial charge on any atom is -0.492 e. The van der Waals surface area contributed by atoms with Crippen molar-refractivity contribution in [3.63, 3.8) is 0 Å². The first-order valence-corrected chi connectivity index (χ1v) is 6.16. The molecular formula is C14H19N3O. The fourth-order valence-corrected chi connectivity index (χ4v) is 1.84. The summed E-state index contributed by atoms with van der Waals surface area (Å²) in [6.07, 6.45) is 3.82. The smallest absolute Gasteiger partial charge is 0.119 e. The lowest BCUT2D eigenvalue weighted by Crippen LogP contribution is -2.11. The predicted molar refractivity (Wildman–Crippen MR) is 72.7 cm³/mol. The molecule has 2 N–H and O–H groups in total. The van der Waals surface area contributed by atoms with Crippen LogP contribution in [0.2, 0.25) is 0 Å². The fraction of sp³-hybridized carbons (Fsp3) is 0.357. The minimum absolute atomic E-state index is 0.427. The number of rotatable bonds is 5. The zero-order valence-corrected chi connectivity index (χ0v) is 10.8. The number of benzene rings is 1. The Bertz CT molecular complexity index is 488. The van der Waals surface area contributed by atoms with E-state index in [2.05, 4.69) is 23.4 Å². The molecule has 0 fully saturated rings. The lowest BCUT2D eigenvalue weighted by molar-refractivity contribution is 0.295. The quantitative estimate of drug-likeness (QED) is 0.824. The van der Waals surface area contributed by atoms with Gasteiger partial charge < -0.3 is 15.0 Å². The first-order valence-electron chi connectivity index (χ1n) is 6.16. The second kappa shape index (κ2) is 5.58. The third kappa shape index (κ3) is 3.03. The SMILES string of the molecule is CC(C)c1nccn1CCOc1ccc(N)cc1. The van der Waals surface area contributed by atoms with Gasteiger partial charge in [-0.15, -0.1) is 0 Å². The van der Waals surface area contributed by atoms with Crippen LogP contribution in [-0.2, 0) is 6.54 Å². The Labute approximate surface area is 107 Å². The van der Waals surface area contributed by atoms with Crippen molar-refractivity contribution >= 4 is 5.69 Å². The van der Waals surface area contributed by atoms with Crippen molar-refractivity contribution in [1.29, 1.82) is 0 Å². The van der Waals surface area contributed by atoms with Crippen molar-refractivity contribution in [1.82, 2.24) is 9.55 Å². The average Bonchev–Trinajstić information content (AvgIpc) is 2.80. The maximum Gasteiger partial charge on any atom is 0.119 e. The van der Waals surface area contributed by atoms with Gasteiger partial charge in [-0.2, -0.15) is 0 Å². The normalized spacial score (nSPS) is 10.8. The average molecular weight is 245 g/mol. The molecule has 0 amide bonds. The van der Waals surface area contributed by atoms with Crippen LogP contribution in [0.1, 0.15) is 25.6 Å². The molecule has 1 aromatic carbocycles. The van der Waals surface area contributed by atoms with E-state index in [0.717, 1.165) is 23.8 Å². The predicted octanol–water partition coefficient (Wildman–Crippen LogP) is 2.67. The summed E-state index contributed by atoms with van der Waals surface area (Å²) in [6, 6.07) is 7.44. The van der Waals surface area contributed by atoms with Crippen molar-refractivity contribution in [3.8, 4) is 5.75 Å². The van der Waals surface area contributed by atoms with Crippen molar-refractivity contribution in [2.75, 3.05) is 12.3 Å². The van der Waals surface area contributed by atoms with Crippen LogP contribution in [0.5, 0.6) is 5.75 Å². The van der Waals surface area contributed by atoms with Gasteiger partial charge in [0.1, 0.15) is 18.2 Å². The number of ether oxygens (including phenoxy) is 1. The molecule has 0 saturated heterocycles. The largest absolute Gasteiger partial charge is 0.492 e. The second-order valence-corrected chi connectivity index (χ2v) is 4.55. The number of anilines is 1. The third-order valence-electron chi connectivity index (χ3n) is 2.75. The van der Waals surface area contributed by atoms with Gasteiger partial charge in [0, 0.05) is 24.0 Å². The monoisotopic (exact) mass is 245 g/mol. The van der Waals surface area contributed by atoms with Gasteiger partial charge in [0.05, 0.1) is 6.54 Å². The molecule has 0 radical (unpaired) electrons. The van der Waals surface area contributed by atoms with Crippen LogP contribution in [0.4, 0.5) is 5.69 Å². The lowest BCUT2D eigenvalue weighted by Gasteiger charge is -2.11. The molecule has 0 aliphatic carbocycles. The van der Waals surface area contributed by atoms with Crippen LogP contribution in [0.15, 0.2) is 36.7 Å². The molecular weight excluding hydrogens is 226 g/mol. The molecule has 0 spiro atoms. The molecule has 1 aromatic heterocycles. The highest BCUT2D eigenvalue weighted by Gasteiger charge is 2.06. The fourth-order valence-electron chi connectivity index (χ4n) is 1.84. The first-order chi connectivity index (χ1) is 8.66. The Morgan fingerprint density at radius 1 is 1.28 bits per heavy atom. The van der Waals surface area contributed by atoms with Crippen molar-refractivity contribution < 1.29 is 4.74 Å². The van der Waals surface area contributed by atoms with Gasteiger partial charge in [-0.1, -0.05) is 13.8 Å². The van der Waals surface area contributed by atoms with E-state index in [-0.39, 0.29) is 0 Å². The maximum atomic E-state index is 5.66. The van der Waals surface area contributed by atoms with Crippen LogP contribution in [0.3, 0.4) is 0 Å². The highest BCUT2D eigenvalue weighted by atomic mass is 16.5. The first kappa shape index (κ1) is 12.5. The Morgan fingerprint density at radius 3 is 2.67 bits per heavy atom. The summed E-state index contributed by atoms with van der Waals surface area (Å²) < 4.78 is 7.79. The highest BCUT2D eigenvalue weighted by molar-refractivity contribution is 5.41. The number of nitrogen functional groups attached to an aromatic ring is 1. The van der Waals surface area contributed by atoms with E-state index >= 15 is 0 Å². The van der Waals surface area contributed by atoms with Gasteiger partial charge in [0.25, 0.3) is 0 Å². The van der Waals surface area contributed by atoms with E-state index in [1.165, 1.54) is 0 Å². The summed E-state index contributed by atoms with van der Waals surface area (Å²) in [4.78, 5) is 4.34. The topological polar surface area (TPSA) is 53.1 Å². The second-order valence-electron chi connectivity index (χ2n) is 4.55. The van der Waals surface area contributed by atoms with E-state index in [1.807, 2.05) is 36.7 Å². The Balaban J connectivity index is 1.88. The molecule has 0 saturated carbocycles. The number of aromatic nitrogens is 2. The number of hydrogen-bond donors (Lipinski definition) is 1. The van der Waals surface area contributed by atoms with Gasteiger partial charge in [0.2, 0.25) is 0 Å². The van der Waals surface area contributed by atoms with Crippen LogP contribution in [-0.4, -0.2) is 16.2 Å². The van der Waals surface area contributed by atoms with Crippen molar-refractivity contribution in [2.24, 2.45) is 0 Å². The number of hydrogen-bond acceptors (Lipinski definition) is 3. The van der Waals surface area contributed by atoms with Gasteiger partial charge in [0.15, 0.2) is 0 Å². The summed E-state index contributed by atoms with van der Waals surface area (Å²) in [5.74, 6) is 2.36. The van der Waals surface area contributed by atoms with Crippen molar-refractivity contribution in [3.05, 3.63) is 42.5 Å². The van der Waals surface area contributed by atoms with E-state index in [9.17, 15) is 0 Å². The molecule has 1 heterocycles. The van der Waals surface area contributed by atoms with E-state index in [0.29, 0.717) is 12.5 Å². The molecule has 0 unspecified atom stereocenters. The third-order valence-corrected chi connectivity index (χ3v) is 2.75. The summed E-state index contributed by atoms with van der Waals surface area (Å²) in [5.41, 5.74) is 6.37. The van der Waals surface area contributed by atoms with Crippen molar-refractivity contribution in [2.45, 2.75) is 26.3 Å². The molecule has 0 bridgehead atoms. The van der Waals surface area contributed by atoms with Gasteiger partial charge >= 0.3 is 0 Å². The van der Waals surface area contributed by atoms with E-state index < -0.39 is 0 Å². The minimum atomic E-state index is 0.427. The van der Waals surface area contributed by atoms with Crippen LogP contribution in [0.25, 0.3) is 0 Å². The van der Waals surface area contributed by atoms with Gasteiger partial charge in [-0.05, 0) is 24.3 Å². The Hall–Kier alpha value is -1.97. The molecule has 2 rings (SSSR count). The Morgan fingerprint density at radius 2 is 2.00 bits per heavy atom. The van der Waals surface area contributed by atoms with E-state index in [1.54, 1.807) is 0 Å². The molecule has 4 nitrogen and oxygen atoms in total. The molecule has 96 valence electrons. The number of nitrogens with zero attached hydrogens (tertiary/aromatic N) is 2. The summed E-state index contributed by atoms with van der Waals surface area (Å²) in [7, 11) is 0. The summed E-state index contributed by atoms with van der Waals surface area (Å²) >= 11 is 0. The zero-order chi connectivity index (χ0) is 13.0. The number of nitrogens with two attached hydrogens (primary N) is 1. The lowest BCUT2D eigenvalue weighted by atomic mass is 10.2. The standard InChI is InChI=1S/C14H19N3O/c1-11(2)14-16-7-8-17(14)9-10-18-13-5-3-12(15)4-6-13/h3-8,11H,9-10,15H2,1-2H3. The van der Waals surface area contributed by atoms with Crippen LogP contribution < -0.4 is 10.5 Å². The molecule has 4 heteroatoms. The van der Waals surface area contributed by atoms with Crippen LogP contribution in [0, 0.1) is 0 Å². The number of imidazole rings is 1. The maximum absolute atomic E-state index is 5.66. The molecule has 0 atom stereocenters. The van der Waals surface area contributed by atoms with Gasteiger partial charge in [-0.25, -0.2) is 4.98 Å². The Kier molecular flexibility index (Phi) is 3.87.